The Balaban J connectivity index is 2.26. The molecule has 2 atom stereocenters. The summed E-state index contributed by atoms with van der Waals surface area (Å²) in [6, 6.07) is 9.49. The number of carbonyl (C=O) groups excluding carboxylic acids is 2. The number of hydrogen-bond acceptors (Lipinski definition) is 5. The van der Waals surface area contributed by atoms with Crippen LogP contribution < -0.4 is 5.32 Å². The lowest BCUT2D eigenvalue weighted by atomic mass is 10.00. The fourth-order valence-electron chi connectivity index (χ4n) is 2.34. The van der Waals surface area contributed by atoms with Crippen molar-refractivity contribution in [2.24, 2.45) is 5.92 Å². The molecule has 5 nitrogen and oxygen atoms in total. The molecule has 0 fully saturated rings. The van der Waals surface area contributed by atoms with Crippen molar-refractivity contribution in [2.75, 3.05) is 13.7 Å². The van der Waals surface area contributed by atoms with Crippen LogP contribution in [0.2, 0.25) is 0 Å². The van der Waals surface area contributed by atoms with E-state index in [1.807, 2.05) is 37.3 Å². The first kappa shape index (κ1) is 15.1. The summed E-state index contributed by atoms with van der Waals surface area (Å²) in [4.78, 5) is 23.6. The Morgan fingerprint density at radius 3 is 2.76 bits per heavy atom. The van der Waals surface area contributed by atoms with E-state index < -0.39 is 11.9 Å². The van der Waals surface area contributed by atoms with Gasteiger partial charge in [0.15, 0.2) is 0 Å². The highest BCUT2D eigenvalue weighted by molar-refractivity contribution is 5.85. The number of carbonyl (C=O) groups is 2. The van der Waals surface area contributed by atoms with Crippen molar-refractivity contribution < 1.29 is 19.1 Å². The topological polar surface area (TPSA) is 64.6 Å². The van der Waals surface area contributed by atoms with Crippen molar-refractivity contribution in [3.05, 3.63) is 47.7 Å². The molecule has 112 valence electrons. The normalized spacial score (nSPS) is 19.6. The van der Waals surface area contributed by atoms with Gasteiger partial charge in [-0.15, -0.1) is 0 Å². The fraction of sp³-hybridized carbons (Fsp3) is 0.375. The highest BCUT2D eigenvalue weighted by atomic mass is 16.5. The van der Waals surface area contributed by atoms with Gasteiger partial charge in [-0.05, 0) is 12.0 Å². The van der Waals surface area contributed by atoms with Gasteiger partial charge in [-0.3, -0.25) is 4.79 Å². The number of ether oxygens (including phenoxy) is 2. The predicted molar refractivity (Wildman–Crippen MR) is 77.2 cm³/mol. The summed E-state index contributed by atoms with van der Waals surface area (Å²) in [6.45, 7) is 2.10. The molecule has 0 aliphatic carbocycles. The minimum atomic E-state index is -0.494. The van der Waals surface area contributed by atoms with Crippen LogP contribution in [0.25, 0.3) is 0 Å². The van der Waals surface area contributed by atoms with Gasteiger partial charge in [0.25, 0.3) is 0 Å². The lowest BCUT2D eigenvalue weighted by Crippen LogP contribution is -2.30. The van der Waals surface area contributed by atoms with Crippen molar-refractivity contribution in [1.29, 1.82) is 0 Å². The van der Waals surface area contributed by atoms with E-state index in [-0.39, 0.29) is 18.6 Å². The second kappa shape index (κ2) is 6.92. The van der Waals surface area contributed by atoms with E-state index in [0.29, 0.717) is 12.1 Å². The van der Waals surface area contributed by atoms with Gasteiger partial charge in [0.05, 0.1) is 19.1 Å². The maximum Gasteiger partial charge on any atom is 0.332 e. The monoisotopic (exact) mass is 289 g/mol. The minimum Gasteiger partial charge on any atom is -0.469 e. The van der Waals surface area contributed by atoms with Crippen molar-refractivity contribution in [2.45, 2.75) is 19.4 Å². The molecule has 0 saturated heterocycles. The maximum atomic E-state index is 11.8. The summed E-state index contributed by atoms with van der Waals surface area (Å²) in [5, 5.41) is 3.24. The molecule has 1 unspecified atom stereocenters. The van der Waals surface area contributed by atoms with Crippen molar-refractivity contribution in [1.82, 2.24) is 5.32 Å². The highest BCUT2D eigenvalue weighted by Gasteiger charge is 2.28. The molecule has 0 bridgehead atoms. The van der Waals surface area contributed by atoms with E-state index in [1.54, 1.807) is 0 Å². The van der Waals surface area contributed by atoms with E-state index in [9.17, 15) is 9.59 Å². The molecular formula is C16H19NO4. The van der Waals surface area contributed by atoms with Gasteiger partial charge in [0.1, 0.15) is 6.61 Å². The summed E-state index contributed by atoms with van der Waals surface area (Å²) in [7, 11) is 1.34. The SMILES string of the molecule is CCC(C(=O)OC)C1=CC(=O)OC[C@@H](c2ccccc2)N1. The summed E-state index contributed by atoms with van der Waals surface area (Å²) in [5.74, 6) is -1.30. The van der Waals surface area contributed by atoms with E-state index in [1.165, 1.54) is 13.2 Å². The van der Waals surface area contributed by atoms with Crippen molar-refractivity contribution in [3.63, 3.8) is 0 Å². The van der Waals surface area contributed by atoms with Crippen LogP contribution in [-0.2, 0) is 19.1 Å². The van der Waals surface area contributed by atoms with Crippen LogP contribution >= 0.6 is 0 Å². The smallest absolute Gasteiger partial charge is 0.332 e. The number of cyclic esters (lactones) is 1. The average molecular weight is 289 g/mol. The largest absolute Gasteiger partial charge is 0.469 e. The van der Waals surface area contributed by atoms with Gasteiger partial charge in [0, 0.05) is 11.8 Å². The van der Waals surface area contributed by atoms with Gasteiger partial charge < -0.3 is 14.8 Å². The summed E-state index contributed by atoms with van der Waals surface area (Å²) < 4.78 is 9.98. The van der Waals surface area contributed by atoms with Crippen molar-refractivity contribution >= 4 is 11.9 Å². The third-order valence-electron chi connectivity index (χ3n) is 3.48. The van der Waals surface area contributed by atoms with Gasteiger partial charge in [-0.2, -0.15) is 0 Å². The third kappa shape index (κ3) is 3.62. The summed E-state index contributed by atoms with van der Waals surface area (Å²) >= 11 is 0. The molecule has 5 heteroatoms. The fourth-order valence-corrected chi connectivity index (χ4v) is 2.34. The lowest BCUT2D eigenvalue weighted by Gasteiger charge is -2.22. The third-order valence-corrected chi connectivity index (χ3v) is 3.48. The predicted octanol–water partition coefficient (Wildman–Crippen LogP) is 1.96. The Labute approximate surface area is 123 Å². The van der Waals surface area contributed by atoms with Crippen LogP contribution in [0.5, 0.6) is 0 Å². The second-order valence-corrected chi connectivity index (χ2v) is 4.82. The van der Waals surface area contributed by atoms with Crippen LogP contribution in [0.3, 0.4) is 0 Å². The molecule has 0 radical (unpaired) electrons. The van der Waals surface area contributed by atoms with Gasteiger partial charge >= 0.3 is 11.9 Å². The molecule has 1 aromatic rings. The first-order valence-electron chi connectivity index (χ1n) is 6.93. The molecule has 21 heavy (non-hydrogen) atoms. The van der Waals surface area contributed by atoms with E-state index >= 15 is 0 Å². The summed E-state index contributed by atoms with van der Waals surface area (Å²) in [5.41, 5.74) is 1.54. The Morgan fingerprint density at radius 2 is 2.14 bits per heavy atom. The molecule has 1 heterocycles. The van der Waals surface area contributed by atoms with E-state index in [4.69, 9.17) is 9.47 Å². The molecular weight excluding hydrogens is 270 g/mol. The lowest BCUT2D eigenvalue weighted by molar-refractivity contribution is -0.144. The number of hydrogen-bond donors (Lipinski definition) is 1. The molecule has 0 amide bonds. The molecule has 2 rings (SSSR count). The van der Waals surface area contributed by atoms with E-state index in [2.05, 4.69) is 5.32 Å². The first-order valence-corrected chi connectivity index (χ1v) is 6.93. The molecule has 1 aromatic carbocycles. The van der Waals surface area contributed by atoms with E-state index in [0.717, 1.165) is 5.56 Å². The number of benzene rings is 1. The zero-order valence-corrected chi connectivity index (χ0v) is 12.2. The van der Waals surface area contributed by atoms with Crippen LogP contribution in [0.15, 0.2) is 42.1 Å². The van der Waals surface area contributed by atoms with Crippen LogP contribution in [0.4, 0.5) is 0 Å². The molecule has 0 saturated carbocycles. The Kier molecular flexibility index (Phi) is 4.98. The molecule has 0 aromatic heterocycles. The van der Waals surface area contributed by atoms with Crippen LogP contribution in [0, 0.1) is 5.92 Å². The molecule has 1 N–H and O–H groups in total. The zero-order chi connectivity index (χ0) is 15.2. The summed E-state index contributed by atoms with van der Waals surface area (Å²) in [6.07, 6.45) is 1.88. The number of esters is 2. The maximum absolute atomic E-state index is 11.8. The Bertz CT molecular complexity index is 538. The van der Waals surface area contributed by atoms with Crippen LogP contribution in [0.1, 0.15) is 24.9 Å². The quantitative estimate of drug-likeness (QED) is 0.858. The highest BCUT2D eigenvalue weighted by Crippen LogP contribution is 2.23. The molecule has 1 aliphatic rings. The van der Waals surface area contributed by atoms with Gasteiger partial charge in [-0.25, -0.2) is 4.79 Å². The zero-order valence-electron chi connectivity index (χ0n) is 12.2. The Hall–Kier alpha value is -2.30. The number of methoxy groups -OCH3 is 1. The molecule has 0 spiro atoms. The van der Waals surface area contributed by atoms with Crippen molar-refractivity contribution in [3.8, 4) is 0 Å². The number of nitrogens with one attached hydrogen (secondary N) is 1. The first-order chi connectivity index (χ1) is 10.2. The van der Waals surface area contributed by atoms with Gasteiger partial charge in [0.2, 0.25) is 0 Å². The van der Waals surface area contributed by atoms with Gasteiger partial charge in [-0.1, -0.05) is 37.3 Å². The minimum absolute atomic E-state index is 0.178. The Morgan fingerprint density at radius 1 is 1.43 bits per heavy atom. The van der Waals surface area contributed by atoms with Crippen LogP contribution in [-0.4, -0.2) is 25.7 Å². The second-order valence-electron chi connectivity index (χ2n) is 4.82. The molecule has 1 aliphatic heterocycles. The number of rotatable bonds is 4. The average Bonchev–Trinajstić information content (AvgIpc) is 2.70. The standard InChI is InChI=1S/C16H19NO4/c1-3-12(16(19)20-2)13-9-15(18)21-10-14(17-13)11-7-5-4-6-8-11/h4-9,12,14,17H,3,10H2,1-2H3/t12?,14-/m0/s1.